The second kappa shape index (κ2) is 14.9. The van der Waals surface area contributed by atoms with E-state index in [2.05, 4.69) is 0 Å². The predicted octanol–water partition coefficient (Wildman–Crippen LogP) is -3.83. The van der Waals surface area contributed by atoms with E-state index < -0.39 is 66.6 Å². The molecule has 0 bridgehead atoms. The SMILES string of the molecule is CC(O)CN1CC(OC2(O)C(OC3CN(CC(C)(C)O)C3)N(C(=O)CO)C2(OC2CN(C(=O)N(C)C)C2)OC2CN(C(=O)N(C)CCO)C2)C1. The van der Waals surface area contributed by atoms with Crippen molar-refractivity contribution in [2.24, 2.45) is 0 Å². The molecule has 5 aliphatic heterocycles. The summed E-state index contributed by atoms with van der Waals surface area (Å²) < 4.78 is 25.7. The lowest BCUT2D eigenvalue weighted by molar-refractivity contribution is -0.572. The Labute approximate surface area is 292 Å². The van der Waals surface area contributed by atoms with E-state index >= 15 is 0 Å². The number of nitrogens with zero attached hydrogens (tertiary/aromatic N) is 7. The molecule has 0 aromatic rings. The van der Waals surface area contributed by atoms with Crippen LogP contribution in [0.1, 0.15) is 20.8 Å². The maximum absolute atomic E-state index is 13.6. The molecule has 0 aliphatic carbocycles. The molecular weight excluding hydrogens is 662 g/mol. The van der Waals surface area contributed by atoms with Crippen molar-refractivity contribution in [1.29, 1.82) is 0 Å². The van der Waals surface area contributed by atoms with E-state index in [0.29, 0.717) is 39.3 Å². The summed E-state index contributed by atoms with van der Waals surface area (Å²) in [6, 6.07) is -0.596. The number of hydrogen-bond acceptors (Lipinski definition) is 14. The Balaban J connectivity index is 1.42. The fourth-order valence-corrected chi connectivity index (χ4v) is 6.96. The van der Waals surface area contributed by atoms with Gasteiger partial charge in [-0.25, -0.2) is 9.59 Å². The van der Waals surface area contributed by atoms with Crippen LogP contribution in [-0.2, 0) is 23.7 Å². The predicted molar refractivity (Wildman–Crippen MR) is 173 cm³/mol. The molecule has 5 aliphatic rings. The number of aliphatic hydroxyl groups is 5. The first-order valence-electron chi connectivity index (χ1n) is 17.2. The van der Waals surface area contributed by atoms with E-state index in [1.54, 1.807) is 41.9 Å². The quantitative estimate of drug-likeness (QED) is 0.103. The number of amides is 5. The number of β-amino-alcohol motifs (C(OH)–C–C–N with tert-alkyl or cyclic N) is 2. The highest BCUT2D eigenvalue weighted by atomic mass is 16.8. The molecule has 5 rings (SSSR count). The van der Waals surface area contributed by atoms with Crippen LogP contribution >= 0.6 is 0 Å². The molecule has 0 spiro atoms. The Bertz CT molecular complexity index is 1220. The van der Waals surface area contributed by atoms with Gasteiger partial charge in [0.15, 0.2) is 6.23 Å². The van der Waals surface area contributed by atoms with Crippen LogP contribution < -0.4 is 0 Å². The van der Waals surface area contributed by atoms with Crippen LogP contribution in [0, 0.1) is 0 Å². The van der Waals surface area contributed by atoms with Gasteiger partial charge in [-0.3, -0.25) is 19.5 Å². The number of urea groups is 2. The zero-order chi connectivity index (χ0) is 36.8. The molecule has 0 aromatic heterocycles. The fraction of sp³-hybridized carbons (Fsp3) is 0.903. The zero-order valence-electron chi connectivity index (χ0n) is 29.9. The second-order valence-corrected chi connectivity index (χ2v) is 15.0. The first-order chi connectivity index (χ1) is 23.4. The number of rotatable bonds is 15. The second-order valence-electron chi connectivity index (χ2n) is 15.0. The van der Waals surface area contributed by atoms with E-state index in [1.807, 2.05) is 9.80 Å². The number of carbonyl (C=O) groups excluding carboxylic acids is 3. The molecule has 0 aromatic carbocycles. The third kappa shape index (κ3) is 7.82. The summed E-state index contributed by atoms with van der Waals surface area (Å²) in [6.45, 7) is 6.62. The van der Waals surface area contributed by atoms with Crippen LogP contribution in [0.15, 0.2) is 0 Å². The fourth-order valence-electron chi connectivity index (χ4n) is 6.96. The summed E-state index contributed by atoms with van der Waals surface area (Å²) in [5.74, 6) is -5.64. The molecule has 0 saturated carbocycles. The standard InChI is InChI=1S/C31H55N7O12/c1-20(41)9-34-12-22(13-34)48-30(46)26(47-21-10-35(11-21)19-29(2,3)45)38(25(42)18-40)31(30,49-23-14-36(15-23)27(43)32(4)5)50-24-16-37(17-24)28(44)33(6)7-8-39/h20-24,26,39-41,45-46H,7-19H2,1-6H3. The van der Waals surface area contributed by atoms with Gasteiger partial charge in [0.05, 0.1) is 68.9 Å². The smallest absolute Gasteiger partial charge is 0.320 e. The summed E-state index contributed by atoms with van der Waals surface area (Å²) in [7, 11) is 4.79. The third-order valence-electron chi connectivity index (χ3n) is 9.43. The van der Waals surface area contributed by atoms with Gasteiger partial charge in [-0.2, -0.15) is 0 Å². The number of likely N-dealkylation sites (tertiary alicyclic amines) is 5. The highest BCUT2D eigenvalue weighted by Crippen LogP contribution is 2.53. The van der Waals surface area contributed by atoms with Crippen molar-refractivity contribution < 1.29 is 58.9 Å². The molecule has 19 nitrogen and oxygen atoms in total. The number of carbonyl (C=O) groups is 3. The van der Waals surface area contributed by atoms with Gasteiger partial charge in [-0.05, 0) is 20.8 Å². The lowest BCUT2D eigenvalue weighted by Gasteiger charge is -2.67. The first-order valence-corrected chi connectivity index (χ1v) is 17.2. The molecule has 0 radical (unpaired) electrons. The first kappa shape index (κ1) is 38.8. The highest BCUT2D eigenvalue weighted by molar-refractivity contribution is 5.79. The van der Waals surface area contributed by atoms with Crippen LogP contribution in [0.25, 0.3) is 0 Å². The van der Waals surface area contributed by atoms with Crippen molar-refractivity contribution in [1.82, 2.24) is 34.3 Å². The van der Waals surface area contributed by atoms with E-state index in [9.17, 15) is 39.9 Å². The Kier molecular flexibility index (Phi) is 11.6. The Morgan fingerprint density at radius 2 is 1.36 bits per heavy atom. The molecule has 4 unspecified atom stereocenters. The third-order valence-corrected chi connectivity index (χ3v) is 9.43. The molecule has 5 heterocycles. The lowest BCUT2D eigenvalue weighted by atomic mass is 9.93. The summed E-state index contributed by atoms with van der Waals surface area (Å²) >= 11 is 0. The van der Waals surface area contributed by atoms with Crippen molar-refractivity contribution in [3.8, 4) is 0 Å². The van der Waals surface area contributed by atoms with E-state index in [4.69, 9.17) is 18.9 Å². The average Bonchev–Trinajstić information content (AvgIpc) is 2.94. The summed E-state index contributed by atoms with van der Waals surface area (Å²) in [5.41, 5.74) is -0.946. The van der Waals surface area contributed by atoms with Gasteiger partial charge >= 0.3 is 18.0 Å². The van der Waals surface area contributed by atoms with Gasteiger partial charge in [-0.15, -0.1) is 0 Å². The van der Waals surface area contributed by atoms with Gasteiger partial charge in [-0.1, -0.05) is 0 Å². The van der Waals surface area contributed by atoms with Gasteiger partial charge in [0.1, 0.15) is 6.61 Å². The number of likely N-dealkylation sites (N-methyl/N-ethyl adjacent to an activating group) is 1. The van der Waals surface area contributed by atoms with Gasteiger partial charge in [0.2, 0.25) is 0 Å². The summed E-state index contributed by atoms with van der Waals surface area (Å²) in [4.78, 5) is 49.7. The van der Waals surface area contributed by atoms with Crippen molar-refractivity contribution in [3.63, 3.8) is 0 Å². The molecule has 50 heavy (non-hydrogen) atoms. The van der Waals surface area contributed by atoms with Crippen LogP contribution in [0.4, 0.5) is 9.59 Å². The van der Waals surface area contributed by atoms with Crippen LogP contribution in [-0.4, -0.2) is 238 Å². The Hall–Kier alpha value is -2.43. The minimum Gasteiger partial charge on any atom is -0.395 e. The van der Waals surface area contributed by atoms with E-state index in [0.717, 1.165) is 4.90 Å². The number of hydrogen-bond donors (Lipinski definition) is 5. The molecule has 5 saturated heterocycles. The van der Waals surface area contributed by atoms with Crippen molar-refractivity contribution in [2.45, 2.75) is 74.8 Å². The molecule has 5 fully saturated rings. The average molecular weight is 718 g/mol. The monoisotopic (exact) mass is 717 g/mol. The zero-order valence-corrected chi connectivity index (χ0v) is 29.9. The summed E-state index contributed by atoms with van der Waals surface area (Å²) in [5, 5.41) is 52.2. The van der Waals surface area contributed by atoms with Gasteiger partial charge in [0, 0.05) is 67.0 Å². The van der Waals surface area contributed by atoms with Crippen LogP contribution in [0.5, 0.6) is 0 Å². The largest absolute Gasteiger partial charge is 0.395 e. The highest BCUT2D eigenvalue weighted by Gasteiger charge is 2.81. The summed E-state index contributed by atoms with van der Waals surface area (Å²) in [6.07, 6.45) is -4.57. The van der Waals surface area contributed by atoms with Gasteiger partial charge in [0.25, 0.3) is 11.7 Å². The molecule has 19 heteroatoms. The van der Waals surface area contributed by atoms with Crippen molar-refractivity contribution in [2.75, 3.05) is 106 Å². The topological polar surface area (TPSA) is 212 Å². The van der Waals surface area contributed by atoms with E-state index in [1.165, 1.54) is 19.6 Å². The van der Waals surface area contributed by atoms with Crippen LogP contribution in [0.2, 0.25) is 0 Å². The maximum Gasteiger partial charge on any atom is 0.320 e. The van der Waals surface area contributed by atoms with Crippen molar-refractivity contribution in [3.05, 3.63) is 0 Å². The molecule has 5 amide bonds. The molecule has 5 N–H and O–H groups in total. The Morgan fingerprint density at radius 3 is 1.84 bits per heavy atom. The lowest BCUT2D eigenvalue weighted by Crippen LogP contribution is -2.92. The minimum absolute atomic E-state index is 0.0680. The van der Waals surface area contributed by atoms with Gasteiger partial charge < -0.3 is 64.1 Å². The van der Waals surface area contributed by atoms with Crippen molar-refractivity contribution >= 4 is 18.0 Å². The molecule has 286 valence electrons. The maximum atomic E-state index is 13.6. The molecular formula is C31H55N7O12. The minimum atomic E-state index is -2.43. The molecule has 4 atom stereocenters. The number of aliphatic hydroxyl groups excluding tert-OH is 3. The number of ether oxygens (including phenoxy) is 4. The van der Waals surface area contributed by atoms with Crippen LogP contribution in [0.3, 0.4) is 0 Å². The normalized spacial score (nSPS) is 29.1. The van der Waals surface area contributed by atoms with E-state index in [-0.39, 0.29) is 51.4 Å². The Morgan fingerprint density at radius 1 is 0.840 bits per heavy atom.